The van der Waals surface area contributed by atoms with E-state index in [0.717, 1.165) is 0 Å². The summed E-state index contributed by atoms with van der Waals surface area (Å²) >= 11 is 0. The van der Waals surface area contributed by atoms with Crippen LogP contribution in [0.25, 0.3) is 0 Å². The smallest absolute Gasteiger partial charge is 0.341 e. The maximum absolute atomic E-state index is 13.2. The van der Waals surface area contributed by atoms with Crippen molar-refractivity contribution in [3.8, 4) is 0 Å². The van der Waals surface area contributed by atoms with Gasteiger partial charge in [-0.3, -0.25) is 0 Å². The van der Waals surface area contributed by atoms with Crippen LogP contribution in [0.5, 0.6) is 0 Å². The van der Waals surface area contributed by atoms with Crippen molar-refractivity contribution < 1.29 is 23.1 Å². The maximum Gasteiger partial charge on any atom is 0.341 e. The zero-order chi connectivity index (χ0) is 11.7. The summed E-state index contributed by atoms with van der Waals surface area (Å²) in [4.78, 5) is 10.4. The molecule has 0 unspecified atom stereocenters. The summed E-state index contributed by atoms with van der Waals surface area (Å²) in [7, 11) is 0. The van der Waals surface area contributed by atoms with Crippen molar-refractivity contribution in [1.29, 1.82) is 0 Å². The minimum Gasteiger partial charge on any atom is -0.477 e. The molecule has 2 nitrogen and oxygen atoms in total. The quantitative estimate of drug-likeness (QED) is 0.775. The van der Waals surface area contributed by atoms with Gasteiger partial charge in [-0.05, 0) is 17.5 Å². The number of halogens is 3. The van der Waals surface area contributed by atoms with Gasteiger partial charge >= 0.3 is 5.97 Å². The molecule has 0 radical (unpaired) electrons. The Morgan fingerprint density at radius 3 is 2.20 bits per heavy atom. The van der Waals surface area contributed by atoms with Gasteiger partial charge in [0.1, 0.15) is 11.4 Å². The fourth-order valence-corrected chi connectivity index (χ4v) is 1.23. The van der Waals surface area contributed by atoms with Gasteiger partial charge in [0.25, 0.3) is 0 Å². The van der Waals surface area contributed by atoms with Crippen molar-refractivity contribution in [2.24, 2.45) is 0 Å². The number of hydrogen-bond donors (Lipinski definition) is 1. The lowest BCUT2D eigenvalue weighted by molar-refractivity contribution is 0.0685. The van der Waals surface area contributed by atoms with Crippen molar-refractivity contribution in [2.75, 3.05) is 0 Å². The molecule has 0 spiro atoms. The molecule has 0 aliphatic carbocycles. The molecule has 0 aromatic heterocycles. The summed E-state index contributed by atoms with van der Waals surface area (Å²) < 4.78 is 39.5. The average Bonchev–Trinajstić information content (AvgIpc) is 2.10. The molecule has 0 fully saturated rings. The molecule has 0 aliphatic rings. The molecule has 0 saturated heterocycles. The number of carbonyl (C=O) groups is 1. The summed E-state index contributed by atoms with van der Waals surface area (Å²) in [5, 5.41) is 8.45. The molecule has 5 heteroatoms. The summed E-state index contributed by atoms with van der Waals surface area (Å²) in [5.74, 6) is -6.45. The summed E-state index contributed by atoms with van der Waals surface area (Å²) in [6.45, 7) is 3.11. The average molecular weight is 218 g/mol. The highest BCUT2D eigenvalue weighted by atomic mass is 19.2. The lowest BCUT2D eigenvalue weighted by Crippen LogP contribution is -2.10. The SMILES string of the molecule is CC(C)c1cc(F)c(C(=O)O)c(F)c1F. The van der Waals surface area contributed by atoms with Crippen molar-refractivity contribution in [1.82, 2.24) is 0 Å². The van der Waals surface area contributed by atoms with Crippen LogP contribution >= 0.6 is 0 Å². The lowest BCUT2D eigenvalue weighted by atomic mass is 10.00. The second-order valence-corrected chi connectivity index (χ2v) is 3.41. The Balaban J connectivity index is 3.51. The number of carboxylic acid groups (broad SMARTS) is 1. The predicted molar refractivity (Wildman–Crippen MR) is 47.4 cm³/mol. The molecule has 0 aliphatic heterocycles. The van der Waals surface area contributed by atoms with Crippen molar-refractivity contribution >= 4 is 5.97 Å². The fraction of sp³-hybridized carbons (Fsp3) is 0.300. The van der Waals surface area contributed by atoms with E-state index >= 15 is 0 Å². The number of rotatable bonds is 2. The monoisotopic (exact) mass is 218 g/mol. The van der Waals surface area contributed by atoms with Gasteiger partial charge in [0.2, 0.25) is 0 Å². The highest BCUT2D eigenvalue weighted by Gasteiger charge is 2.24. The van der Waals surface area contributed by atoms with Crippen LogP contribution in [0, 0.1) is 17.5 Å². The molecular weight excluding hydrogens is 209 g/mol. The van der Waals surface area contributed by atoms with E-state index in [1.54, 1.807) is 13.8 Å². The first-order chi connectivity index (χ1) is 6.86. The van der Waals surface area contributed by atoms with Crippen LogP contribution in [0.15, 0.2) is 6.07 Å². The van der Waals surface area contributed by atoms with Crippen LogP contribution in [0.2, 0.25) is 0 Å². The first-order valence-corrected chi connectivity index (χ1v) is 4.27. The van der Waals surface area contributed by atoms with E-state index in [2.05, 4.69) is 0 Å². The second kappa shape index (κ2) is 3.92. The Labute approximate surface area is 84.3 Å². The molecule has 1 N–H and O–H groups in total. The normalized spacial score (nSPS) is 10.8. The maximum atomic E-state index is 13.2. The van der Waals surface area contributed by atoms with Crippen molar-refractivity contribution in [3.05, 3.63) is 34.6 Å². The highest BCUT2D eigenvalue weighted by Crippen LogP contribution is 2.25. The third-order valence-corrected chi connectivity index (χ3v) is 2.02. The number of hydrogen-bond acceptors (Lipinski definition) is 1. The minimum absolute atomic E-state index is 0.171. The molecule has 0 saturated carbocycles. The van der Waals surface area contributed by atoms with E-state index in [-0.39, 0.29) is 5.56 Å². The molecular formula is C10H9F3O2. The van der Waals surface area contributed by atoms with Gasteiger partial charge in [-0.2, -0.15) is 0 Å². The van der Waals surface area contributed by atoms with Gasteiger partial charge < -0.3 is 5.11 Å². The number of carboxylic acids is 1. The molecule has 1 rings (SSSR count). The lowest BCUT2D eigenvalue weighted by Gasteiger charge is -2.09. The molecule has 1 aromatic carbocycles. The van der Waals surface area contributed by atoms with Crippen LogP contribution in [0.4, 0.5) is 13.2 Å². The van der Waals surface area contributed by atoms with Crippen molar-refractivity contribution in [2.45, 2.75) is 19.8 Å². The molecule has 1 aromatic rings. The molecule has 82 valence electrons. The Bertz CT molecular complexity index is 414. The van der Waals surface area contributed by atoms with E-state index in [9.17, 15) is 18.0 Å². The fourth-order valence-electron chi connectivity index (χ4n) is 1.23. The van der Waals surface area contributed by atoms with Crippen LogP contribution < -0.4 is 0 Å². The Morgan fingerprint density at radius 1 is 1.27 bits per heavy atom. The third kappa shape index (κ3) is 1.95. The van der Waals surface area contributed by atoms with Gasteiger partial charge in [0.15, 0.2) is 11.6 Å². The Hall–Kier alpha value is -1.52. The first-order valence-electron chi connectivity index (χ1n) is 4.27. The minimum atomic E-state index is -1.82. The molecule has 15 heavy (non-hydrogen) atoms. The standard InChI is InChI=1S/C10H9F3O2/c1-4(2)5-3-6(11)7(10(14)15)9(13)8(5)12/h3-4H,1-2H3,(H,14,15). The van der Waals surface area contributed by atoms with Gasteiger partial charge in [0, 0.05) is 0 Å². The Kier molecular flexibility index (Phi) is 3.02. The summed E-state index contributed by atoms with van der Waals surface area (Å²) in [5.41, 5.74) is -1.42. The second-order valence-electron chi connectivity index (χ2n) is 3.41. The molecule has 0 atom stereocenters. The van der Waals surface area contributed by atoms with E-state index in [1.165, 1.54) is 0 Å². The van der Waals surface area contributed by atoms with Crippen LogP contribution in [-0.4, -0.2) is 11.1 Å². The van der Waals surface area contributed by atoms with E-state index < -0.39 is 34.9 Å². The summed E-state index contributed by atoms with van der Waals surface area (Å²) in [6, 6.07) is 0.715. The van der Waals surface area contributed by atoms with E-state index in [1.807, 2.05) is 0 Å². The van der Waals surface area contributed by atoms with Gasteiger partial charge in [-0.15, -0.1) is 0 Å². The van der Waals surface area contributed by atoms with E-state index in [0.29, 0.717) is 6.07 Å². The van der Waals surface area contributed by atoms with Gasteiger partial charge in [0.05, 0.1) is 0 Å². The van der Waals surface area contributed by atoms with Gasteiger partial charge in [-0.1, -0.05) is 13.8 Å². The molecule has 0 heterocycles. The van der Waals surface area contributed by atoms with Crippen LogP contribution in [0.3, 0.4) is 0 Å². The third-order valence-electron chi connectivity index (χ3n) is 2.02. The number of aromatic carboxylic acids is 1. The van der Waals surface area contributed by atoms with Crippen molar-refractivity contribution in [3.63, 3.8) is 0 Å². The summed E-state index contributed by atoms with van der Waals surface area (Å²) in [6.07, 6.45) is 0. The number of benzene rings is 1. The first kappa shape index (κ1) is 11.6. The van der Waals surface area contributed by atoms with E-state index in [4.69, 9.17) is 5.11 Å². The van der Waals surface area contributed by atoms with Gasteiger partial charge in [-0.25, -0.2) is 18.0 Å². The Morgan fingerprint density at radius 2 is 1.80 bits per heavy atom. The molecule has 0 bridgehead atoms. The molecule has 0 amide bonds. The largest absolute Gasteiger partial charge is 0.477 e. The topological polar surface area (TPSA) is 37.3 Å². The zero-order valence-electron chi connectivity index (χ0n) is 8.14. The van der Waals surface area contributed by atoms with Crippen LogP contribution in [0.1, 0.15) is 35.7 Å². The highest BCUT2D eigenvalue weighted by molar-refractivity contribution is 5.88. The zero-order valence-corrected chi connectivity index (χ0v) is 8.14. The predicted octanol–water partition coefficient (Wildman–Crippen LogP) is 2.93. The van der Waals surface area contributed by atoms with Crippen LogP contribution in [-0.2, 0) is 0 Å².